The number of alkyl halides is 3. The topological polar surface area (TPSA) is 46.5 Å². The lowest BCUT2D eigenvalue weighted by Crippen LogP contribution is -2.52. The molecule has 0 amide bonds. The van der Waals surface area contributed by atoms with Gasteiger partial charge in [-0.05, 0) is 18.9 Å². The standard InChI is InChI=1S/C17H20ClF3O3/c1-24-14-12(6-5-7-13(14)18)15(8-3-2-4-9-15)10-16(23,11-22)17(19,20)21/h5-7,11,23H,2-4,8-10H2,1H3. The number of para-hydroxylation sites is 1. The summed E-state index contributed by atoms with van der Waals surface area (Å²) in [4.78, 5) is 11.1. The SMILES string of the molecule is COc1c(Cl)cccc1C1(CC(O)(C=O)C(F)(F)F)CCCCC1. The second-order valence-electron chi connectivity index (χ2n) is 6.38. The maximum Gasteiger partial charge on any atom is 0.424 e. The third-order valence-corrected chi connectivity index (χ3v) is 5.14. The molecule has 1 saturated carbocycles. The van der Waals surface area contributed by atoms with Crippen LogP contribution in [0.25, 0.3) is 0 Å². The number of aldehydes is 1. The van der Waals surface area contributed by atoms with Gasteiger partial charge in [-0.15, -0.1) is 0 Å². The number of carbonyl (C=O) groups excluding carboxylic acids is 1. The van der Waals surface area contributed by atoms with Crippen LogP contribution >= 0.6 is 11.6 Å². The van der Waals surface area contributed by atoms with Crippen LogP contribution in [0.4, 0.5) is 13.2 Å². The van der Waals surface area contributed by atoms with Crippen molar-refractivity contribution in [3.8, 4) is 5.75 Å². The number of benzene rings is 1. The zero-order valence-corrected chi connectivity index (χ0v) is 14.1. The minimum atomic E-state index is -5.04. The molecule has 2 rings (SSSR count). The molecule has 24 heavy (non-hydrogen) atoms. The molecule has 3 nitrogen and oxygen atoms in total. The predicted molar refractivity (Wildman–Crippen MR) is 84.5 cm³/mol. The number of rotatable bonds is 5. The van der Waals surface area contributed by atoms with E-state index in [4.69, 9.17) is 16.3 Å². The fourth-order valence-corrected chi connectivity index (χ4v) is 3.88. The molecular weight excluding hydrogens is 345 g/mol. The Morgan fingerprint density at radius 3 is 2.42 bits per heavy atom. The largest absolute Gasteiger partial charge is 0.495 e. The zero-order valence-electron chi connectivity index (χ0n) is 13.3. The first-order valence-corrected chi connectivity index (χ1v) is 8.15. The van der Waals surface area contributed by atoms with Crippen LogP contribution in [0.2, 0.25) is 5.02 Å². The summed E-state index contributed by atoms with van der Waals surface area (Å²) in [6, 6.07) is 4.90. The molecule has 1 aliphatic carbocycles. The maximum absolute atomic E-state index is 13.3. The summed E-state index contributed by atoms with van der Waals surface area (Å²) >= 11 is 6.13. The Morgan fingerprint density at radius 1 is 1.29 bits per heavy atom. The molecule has 0 spiro atoms. The zero-order chi connectivity index (χ0) is 18.0. The summed E-state index contributed by atoms with van der Waals surface area (Å²) in [5, 5.41) is 10.3. The predicted octanol–water partition coefficient (Wildman–Crippen LogP) is 4.43. The number of methoxy groups -OCH3 is 1. The number of hydrogen-bond acceptors (Lipinski definition) is 3. The van der Waals surface area contributed by atoms with E-state index in [9.17, 15) is 23.1 Å². The van der Waals surface area contributed by atoms with Crippen molar-refractivity contribution in [1.29, 1.82) is 0 Å². The van der Waals surface area contributed by atoms with Gasteiger partial charge in [-0.25, -0.2) is 0 Å². The van der Waals surface area contributed by atoms with Gasteiger partial charge in [0.1, 0.15) is 5.75 Å². The van der Waals surface area contributed by atoms with E-state index < -0.39 is 29.9 Å². The van der Waals surface area contributed by atoms with Crippen molar-refractivity contribution in [2.75, 3.05) is 7.11 Å². The van der Waals surface area contributed by atoms with Crippen molar-refractivity contribution in [2.24, 2.45) is 0 Å². The van der Waals surface area contributed by atoms with Crippen LogP contribution < -0.4 is 4.74 Å². The van der Waals surface area contributed by atoms with Crippen LogP contribution in [-0.4, -0.2) is 30.3 Å². The second-order valence-corrected chi connectivity index (χ2v) is 6.79. The van der Waals surface area contributed by atoms with E-state index in [-0.39, 0.29) is 0 Å². The Morgan fingerprint density at radius 2 is 1.92 bits per heavy atom. The molecule has 0 bridgehead atoms. The molecule has 7 heteroatoms. The van der Waals surface area contributed by atoms with E-state index in [1.54, 1.807) is 18.2 Å². The summed E-state index contributed by atoms with van der Waals surface area (Å²) in [6.07, 6.45) is -3.00. The first kappa shape index (κ1) is 19.1. The van der Waals surface area contributed by atoms with Crippen LogP contribution in [0.3, 0.4) is 0 Å². The third kappa shape index (κ3) is 3.40. The summed E-state index contributed by atoms with van der Waals surface area (Å²) in [5.74, 6) is 0.302. The monoisotopic (exact) mass is 364 g/mol. The number of carbonyl (C=O) groups is 1. The van der Waals surface area contributed by atoms with Gasteiger partial charge < -0.3 is 9.84 Å². The number of ether oxygens (including phenoxy) is 1. The average molecular weight is 365 g/mol. The highest BCUT2D eigenvalue weighted by Gasteiger charge is 2.58. The van der Waals surface area contributed by atoms with Gasteiger partial charge in [-0.2, -0.15) is 13.2 Å². The third-order valence-electron chi connectivity index (χ3n) is 4.85. The average Bonchev–Trinajstić information content (AvgIpc) is 2.54. The van der Waals surface area contributed by atoms with Gasteiger partial charge in [0, 0.05) is 17.4 Å². The highest BCUT2D eigenvalue weighted by molar-refractivity contribution is 6.32. The molecule has 1 atom stereocenters. The normalized spacial score (nSPS) is 20.2. The minimum absolute atomic E-state index is 0.293. The maximum atomic E-state index is 13.3. The summed E-state index contributed by atoms with van der Waals surface area (Å²) in [7, 11) is 1.40. The Balaban J connectivity index is 2.56. The van der Waals surface area contributed by atoms with Crippen molar-refractivity contribution < 1.29 is 27.8 Å². The number of aliphatic hydroxyl groups is 1. The molecule has 0 aromatic heterocycles. The molecule has 0 heterocycles. The van der Waals surface area contributed by atoms with Crippen LogP contribution in [0.1, 0.15) is 44.1 Å². The van der Waals surface area contributed by atoms with Crippen molar-refractivity contribution in [3.05, 3.63) is 28.8 Å². The fraction of sp³-hybridized carbons (Fsp3) is 0.588. The van der Waals surface area contributed by atoms with Crippen LogP contribution in [-0.2, 0) is 10.2 Å². The first-order valence-electron chi connectivity index (χ1n) is 7.77. The number of halogens is 4. The molecule has 1 aliphatic rings. The highest BCUT2D eigenvalue weighted by atomic mass is 35.5. The number of hydrogen-bond donors (Lipinski definition) is 1. The molecule has 1 unspecified atom stereocenters. The van der Waals surface area contributed by atoms with Gasteiger partial charge in [0.2, 0.25) is 5.60 Å². The lowest BCUT2D eigenvalue weighted by molar-refractivity contribution is -0.251. The van der Waals surface area contributed by atoms with Crippen molar-refractivity contribution in [3.63, 3.8) is 0 Å². The van der Waals surface area contributed by atoms with E-state index in [2.05, 4.69) is 0 Å². The van der Waals surface area contributed by atoms with Crippen LogP contribution in [0.5, 0.6) is 5.75 Å². The van der Waals surface area contributed by atoms with Gasteiger partial charge in [0.05, 0.1) is 12.1 Å². The molecule has 0 aliphatic heterocycles. The second kappa shape index (κ2) is 6.92. The van der Waals surface area contributed by atoms with E-state index in [0.717, 1.165) is 6.42 Å². The molecular formula is C17H20ClF3O3. The van der Waals surface area contributed by atoms with Gasteiger partial charge in [-0.3, -0.25) is 4.79 Å². The molecule has 1 N–H and O–H groups in total. The minimum Gasteiger partial charge on any atom is -0.495 e. The molecule has 0 radical (unpaired) electrons. The summed E-state index contributed by atoms with van der Waals surface area (Å²) in [6.45, 7) is 0. The van der Waals surface area contributed by atoms with E-state index in [1.807, 2.05) is 0 Å². The van der Waals surface area contributed by atoms with Crippen molar-refractivity contribution in [2.45, 2.75) is 55.7 Å². The lowest BCUT2D eigenvalue weighted by Gasteiger charge is -2.43. The van der Waals surface area contributed by atoms with E-state index >= 15 is 0 Å². The molecule has 1 aromatic rings. The van der Waals surface area contributed by atoms with Gasteiger partial charge in [0.15, 0.2) is 6.29 Å². The summed E-state index contributed by atoms with van der Waals surface area (Å²) < 4.78 is 45.1. The van der Waals surface area contributed by atoms with E-state index in [1.165, 1.54) is 7.11 Å². The fourth-order valence-electron chi connectivity index (χ4n) is 3.63. The van der Waals surface area contributed by atoms with Gasteiger partial charge in [-0.1, -0.05) is 43.0 Å². The summed E-state index contributed by atoms with van der Waals surface area (Å²) in [5.41, 5.74) is -3.89. The van der Waals surface area contributed by atoms with Crippen molar-refractivity contribution >= 4 is 17.9 Å². The Hall–Kier alpha value is -1.27. The molecule has 134 valence electrons. The Kier molecular flexibility index (Phi) is 5.50. The smallest absolute Gasteiger partial charge is 0.424 e. The van der Waals surface area contributed by atoms with Crippen LogP contribution in [0, 0.1) is 0 Å². The Labute approximate surface area is 143 Å². The molecule has 0 saturated heterocycles. The highest BCUT2D eigenvalue weighted by Crippen LogP contribution is 2.51. The van der Waals surface area contributed by atoms with Gasteiger partial charge >= 0.3 is 6.18 Å². The van der Waals surface area contributed by atoms with Crippen molar-refractivity contribution in [1.82, 2.24) is 0 Å². The first-order chi connectivity index (χ1) is 11.2. The van der Waals surface area contributed by atoms with Gasteiger partial charge in [0.25, 0.3) is 0 Å². The molecule has 1 fully saturated rings. The molecule has 1 aromatic carbocycles. The quantitative estimate of drug-likeness (QED) is 0.786. The Bertz CT molecular complexity index is 597. The lowest BCUT2D eigenvalue weighted by atomic mass is 9.64. The van der Waals surface area contributed by atoms with E-state index in [0.29, 0.717) is 42.0 Å². The van der Waals surface area contributed by atoms with Crippen LogP contribution in [0.15, 0.2) is 18.2 Å².